The number of amides is 1. The summed E-state index contributed by atoms with van der Waals surface area (Å²) in [5.74, 6) is -0.435. The van der Waals surface area contributed by atoms with Gasteiger partial charge in [-0.1, -0.05) is 35.3 Å². The quantitative estimate of drug-likeness (QED) is 0.428. The van der Waals surface area contributed by atoms with Crippen molar-refractivity contribution in [1.29, 1.82) is 0 Å². The van der Waals surface area contributed by atoms with Crippen molar-refractivity contribution in [3.05, 3.63) is 75.5 Å². The summed E-state index contributed by atoms with van der Waals surface area (Å²) in [5.41, 5.74) is 1.64. The van der Waals surface area contributed by atoms with E-state index in [2.05, 4.69) is 10.4 Å². The number of esters is 1. The Morgan fingerprint density at radius 2 is 1.84 bits per heavy atom. The van der Waals surface area contributed by atoms with E-state index in [0.29, 0.717) is 33.6 Å². The van der Waals surface area contributed by atoms with Gasteiger partial charge in [-0.15, -0.1) is 0 Å². The van der Waals surface area contributed by atoms with E-state index in [4.69, 9.17) is 32.7 Å². The topological polar surface area (TPSA) is 82.5 Å². The third-order valence-electron chi connectivity index (χ3n) is 4.37. The van der Waals surface area contributed by atoms with Crippen LogP contribution < -0.4 is 10.1 Å². The van der Waals surface area contributed by atoms with Crippen molar-refractivity contribution in [2.24, 2.45) is 0 Å². The van der Waals surface area contributed by atoms with Gasteiger partial charge in [0.05, 0.1) is 16.8 Å². The molecule has 3 aromatic rings. The lowest BCUT2D eigenvalue weighted by Crippen LogP contribution is -2.17. The molecule has 0 atom stereocenters. The number of aryl methyl sites for hydroxylation is 1. The van der Waals surface area contributed by atoms with Crippen molar-refractivity contribution >= 4 is 40.8 Å². The predicted molar refractivity (Wildman–Crippen MR) is 124 cm³/mol. The Balaban J connectivity index is 1.67. The Labute approximate surface area is 196 Å². The molecule has 0 radical (unpaired) electrons. The normalized spacial score (nSPS) is 10.8. The molecular weight excluding hydrogens is 453 g/mol. The van der Waals surface area contributed by atoms with Gasteiger partial charge in [-0.3, -0.25) is 9.48 Å². The fraction of sp³-hybridized carbons (Fsp3) is 0.261. The first-order valence-electron chi connectivity index (χ1n) is 10.0. The number of nitrogens with zero attached hydrogens (tertiary/aromatic N) is 2. The molecule has 0 saturated heterocycles. The molecule has 0 spiro atoms. The van der Waals surface area contributed by atoms with Crippen LogP contribution in [0.4, 0.5) is 5.69 Å². The third kappa shape index (κ3) is 6.02. The fourth-order valence-corrected chi connectivity index (χ4v) is 3.26. The molecule has 2 aromatic carbocycles. The predicted octanol–water partition coefficient (Wildman–Crippen LogP) is 5.61. The Hall–Kier alpha value is -3.03. The van der Waals surface area contributed by atoms with Crippen molar-refractivity contribution < 1.29 is 19.1 Å². The minimum absolute atomic E-state index is 0.0683. The van der Waals surface area contributed by atoms with Crippen molar-refractivity contribution in [3.63, 3.8) is 0 Å². The van der Waals surface area contributed by atoms with Gasteiger partial charge in [-0.2, -0.15) is 5.10 Å². The van der Waals surface area contributed by atoms with E-state index < -0.39 is 5.97 Å². The van der Waals surface area contributed by atoms with Crippen LogP contribution in [-0.4, -0.2) is 27.8 Å². The molecule has 1 amide bonds. The molecule has 0 saturated carbocycles. The summed E-state index contributed by atoms with van der Waals surface area (Å²) < 4.78 is 12.5. The average Bonchev–Trinajstić information content (AvgIpc) is 3.16. The third-order valence-corrected chi connectivity index (χ3v) is 4.90. The van der Waals surface area contributed by atoms with E-state index in [9.17, 15) is 9.59 Å². The molecule has 0 aliphatic rings. The molecule has 0 aliphatic carbocycles. The largest absolute Gasteiger partial charge is 0.487 e. The second-order valence-electron chi connectivity index (χ2n) is 7.22. The van der Waals surface area contributed by atoms with Crippen molar-refractivity contribution in [2.45, 2.75) is 40.0 Å². The molecular formula is C23H23Cl2N3O4. The van der Waals surface area contributed by atoms with Crippen LogP contribution in [-0.2, 0) is 17.9 Å². The second-order valence-corrected chi connectivity index (χ2v) is 8.06. The summed E-state index contributed by atoms with van der Waals surface area (Å²) in [5, 5.41) is 7.90. The molecule has 3 rings (SSSR count). The van der Waals surface area contributed by atoms with Gasteiger partial charge in [0, 0.05) is 23.3 Å². The molecule has 0 bridgehead atoms. The van der Waals surface area contributed by atoms with Crippen molar-refractivity contribution in [3.8, 4) is 5.75 Å². The minimum atomic E-state index is -0.587. The molecule has 7 nitrogen and oxygen atoms in total. The standard InChI is InChI=1S/C23H23Cl2N3O4/c1-4-28-12-19(21(27-28)23(30)32-14(2)3)26-22(29)16-7-5-15(6-8-16)13-31-20-10-9-17(24)11-18(20)25/h5-12,14H,4,13H2,1-3H3,(H,26,29). The Bertz CT molecular complexity index is 1110. The highest BCUT2D eigenvalue weighted by molar-refractivity contribution is 6.35. The molecule has 32 heavy (non-hydrogen) atoms. The highest BCUT2D eigenvalue weighted by Gasteiger charge is 2.21. The van der Waals surface area contributed by atoms with E-state index in [0.717, 1.165) is 5.56 Å². The minimum Gasteiger partial charge on any atom is -0.487 e. The monoisotopic (exact) mass is 475 g/mol. The summed E-state index contributed by atoms with van der Waals surface area (Å²) in [4.78, 5) is 25.0. The molecule has 0 aliphatic heterocycles. The van der Waals surface area contributed by atoms with Crippen LogP contribution in [0.25, 0.3) is 0 Å². The highest BCUT2D eigenvalue weighted by atomic mass is 35.5. The van der Waals surface area contributed by atoms with Gasteiger partial charge in [0.2, 0.25) is 0 Å². The number of aromatic nitrogens is 2. The van der Waals surface area contributed by atoms with E-state index in [1.54, 1.807) is 67.2 Å². The molecule has 1 heterocycles. The number of anilines is 1. The first kappa shape index (κ1) is 23.6. The summed E-state index contributed by atoms with van der Waals surface area (Å²) >= 11 is 12.0. The van der Waals surface area contributed by atoms with Gasteiger partial charge < -0.3 is 14.8 Å². The number of carbonyl (C=O) groups excluding carboxylic acids is 2. The van der Waals surface area contributed by atoms with Gasteiger partial charge in [-0.05, 0) is 56.7 Å². The van der Waals surface area contributed by atoms with E-state index in [1.165, 1.54) is 0 Å². The summed E-state index contributed by atoms with van der Waals surface area (Å²) in [6, 6.07) is 11.9. The molecule has 1 N–H and O–H groups in total. The van der Waals surface area contributed by atoms with Gasteiger partial charge in [0.15, 0.2) is 5.69 Å². The maximum Gasteiger partial charge on any atom is 0.361 e. The SMILES string of the molecule is CCn1cc(NC(=O)c2ccc(COc3ccc(Cl)cc3Cl)cc2)c(C(=O)OC(C)C)n1. The summed E-state index contributed by atoms with van der Waals surface area (Å²) in [6.07, 6.45) is 1.31. The van der Waals surface area contributed by atoms with Gasteiger partial charge in [0.1, 0.15) is 12.4 Å². The Kier molecular flexibility index (Phi) is 7.77. The number of hydrogen-bond donors (Lipinski definition) is 1. The van der Waals surface area contributed by atoms with Gasteiger partial charge >= 0.3 is 5.97 Å². The van der Waals surface area contributed by atoms with E-state index in [-0.39, 0.29) is 24.3 Å². The zero-order valence-electron chi connectivity index (χ0n) is 17.9. The maximum atomic E-state index is 12.7. The first-order valence-corrected chi connectivity index (χ1v) is 10.8. The first-order chi connectivity index (χ1) is 15.3. The van der Waals surface area contributed by atoms with Crippen LogP contribution in [0, 0.1) is 0 Å². The lowest BCUT2D eigenvalue weighted by molar-refractivity contribution is 0.0371. The molecule has 168 valence electrons. The van der Waals surface area contributed by atoms with Gasteiger partial charge in [0.25, 0.3) is 5.91 Å². The van der Waals surface area contributed by atoms with Crippen molar-refractivity contribution in [1.82, 2.24) is 9.78 Å². The molecule has 1 aromatic heterocycles. The number of rotatable bonds is 8. The van der Waals surface area contributed by atoms with Crippen LogP contribution in [0.3, 0.4) is 0 Å². The highest BCUT2D eigenvalue weighted by Crippen LogP contribution is 2.28. The van der Waals surface area contributed by atoms with Crippen LogP contribution in [0.2, 0.25) is 10.0 Å². The Morgan fingerprint density at radius 1 is 1.12 bits per heavy atom. The summed E-state index contributed by atoms with van der Waals surface area (Å²) in [7, 11) is 0. The zero-order chi connectivity index (χ0) is 23.3. The number of halogens is 2. The van der Waals surface area contributed by atoms with E-state index in [1.807, 2.05) is 6.92 Å². The fourth-order valence-electron chi connectivity index (χ4n) is 2.80. The number of nitrogens with one attached hydrogen (secondary N) is 1. The number of hydrogen-bond acceptors (Lipinski definition) is 5. The lowest BCUT2D eigenvalue weighted by Gasteiger charge is -2.10. The molecule has 9 heteroatoms. The van der Waals surface area contributed by atoms with Crippen LogP contribution >= 0.6 is 23.2 Å². The number of benzene rings is 2. The van der Waals surface area contributed by atoms with Crippen LogP contribution in [0.15, 0.2) is 48.7 Å². The smallest absolute Gasteiger partial charge is 0.361 e. The number of ether oxygens (including phenoxy) is 2. The van der Waals surface area contributed by atoms with Crippen LogP contribution in [0.5, 0.6) is 5.75 Å². The summed E-state index contributed by atoms with van der Waals surface area (Å²) in [6.45, 7) is 6.20. The molecule has 0 fully saturated rings. The average molecular weight is 476 g/mol. The number of carbonyl (C=O) groups is 2. The van der Waals surface area contributed by atoms with Crippen LogP contribution in [0.1, 0.15) is 47.2 Å². The maximum absolute atomic E-state index is 12.7. The van der Waals surface area contributed by atoms with E-state index >= 15 is 0 Å². The molecule has 0 unspecified atom stereocenters. The lowest BCUT2D eigenvalue weighted by atomic mass is 10.1. The van der Waals surface area contributed by atoms with Gasteiger partial charge in [-0.25, -0.2) is 4.79 Å². The Morgan fingerprint density at radius 3 is 2.47 bits per heavy atom. The second kappa shape index (κ2) is 10.5. The zero-order valence-corrected chi connectivity index (χ0v) is 19.4. The van der Waals surface area contributed by atoms with Crippen molar-refractivity contribution in [2.75, 3.05) is 5.32 Å².